The number of ether oxygens (including phenoxy) is 1. The van der Waals surface area contributed by atoms with Gasteiger partial charge in [0, 0.05) is 10.7 Å². The third-order valence-electron chi connectivity index (χ3n) is 3.60. The summed E-state index contributed by atoms with van der Waals surface area (Å²) >= 11 is 5.93. The van der Waals surface area contributed by atoms with Crippen LogP contribution < -0.4 is 11.1 Å². The summed E-state index contributed by atoms with van der Waals surface area (Å²) in [5, 5.41) is 3.34. The number of aryl methyl sites for hydroxylation is 1. The number of halogens is 1. The second-order valence-electron chi connectivity index (χ2n) is 5.46. The molecule has 2 aromatic rings. The van der Waals surface area contributed by atoms with E-state index in [1.165, 1.54) is 0 Å². The molecule has 1 unspecified atom stereocenters. The van der Waals surface area contributed by atoms with Gasteiger partial charge in [-0.15, -0.1) is 0 Å². The van der Waals surface area contributed by atoms with Crippen molar-refractivity contribution < 1.29 is 14.3 Å². The van der Waals surface area contributed by atoms with E-state index in [0.29, 0.717) is 10.7 Å². The molecule has 6 heteroatoms. The number of carbonyl (C=O) groups is 2. The van der Waals surface area contributed by atoms with Gasteiger partial charge >= 0.3 is 5.97 Å². The van der Waals surface area contributed by atoms with Crippen molar-refractivity contribution in [2.24, 2.45) is 0 Å². The molecule has 1 atom stereocenters. The number of hydrogen-bond acceptors (Lipinski definition) is 4. The first-order valence-electron chi connectivity index (χ1n) is 7.45. The van der Waals surface area contributed by atoms with Crippen LogP contribution in [0.3, 0.4) is 0 Å². The maximum absolute atomic E-state index is 12.0. The predicted molar refractivity (Wildman–Crippen MR) is 93.9 cm³/mol. The number of rotatable bonds is 5. The Morgan fingerprint density at radius 3 is 2.67 bits per heavy atom. The highest BCUT2D eigenvalue weighted by Crippen LogP contribution is 2.18. The summed E-state index contributed by atoms with van der Waals surface area (Å²) < 4.78 is 5.03. The summed E-state index contributed by atoms with van der Waals surface area (Å²) in [7, 11) is 0. The molecule has 2 rings (SSSR count). The fraction of sp³-hybridized carbons (Fsp3) is 0.222. The highest BCUT2D eigenvalue weighted by atomic mass is 35.5. The average Bonchev–Trinajstić information content (AvgIpc) is 2.55. The number of esters is 1. The van der Waals surface area contributed by atoms with E-state index >= 15 is 0 Å². The maximum Gasteiger partial charge on any atom is 0.340 e. The molecular formula is C18H19ClN2O3. The highest BCUT2D eigenvalue weighted by Gasteiger charge is 2.15. The average molecular weight is 347 g/mol. The van der Waals surface area contributed by atoms with Gasteiger partial charge in [0.25, 0.3) is 5.91 Å². The number of amides is 1. The molecule has 0 aromatic heterocycles. The number of nitrogens with two attached hydrogens (primary N) is 1. The molecule has 0 aliphatic heterocycles. The normalized spacial score (nSPS) is 11.6. The van der Waals surface area contributed by atoms with Gasteiger partial charge in [-0.2, -0.15) is 0 Å². The molecule has 5 nitrogen and oxygen atoms in total. The van der Waals surface area contributed by atoms with Gasteiger partial charge in [0.1, 0.15) is 0 Å². The van der Waals surface area contributed by atoms with E-state index in [1.807, 2.05) is 13.0 Å². The summed E-state index contributed by atoms with van der Waals surface area (Å²) in [6, 6.07) is 12.0. The fourth-order valence-electron chi connectivity index (χ4n) is 2.21. The molecule has 0 spiro atoms. The van der Waals surface area contributed by atoms with E-state index in [4.69, 9.17) is 22.1 Å². The van der Waals surface area contributed by atoms with Crippen molar-refractivity contribution in [3.8, 4) is 0 Å². The number of carbonyl (C=O) groups excluding carboxylic acids is 2. The predicted octanol–water partition coefficient (Wildman–Crippen LogP) is 3.26. The van der Waals surface area contributed by atoms with Gasteiger partial charge in [-0.1, -0.05) is 35.9 Å². The van der Waals surface area contributed by atoms with Crippen molar-refractivity contribution in [1.82, 2.24) is 5.32 Å². The number of benzene rings is 2. The van der Waals surface area contributed by atoms with Crippen LogP contribution in [0.15, 0.2) is 42.5 Å². The van der Waals surface area contributed by atoms with Crippen LogP contribution in [-0.2, 0) is 9.53 Å². The summed E-state index contributed by atoms with van der Waals surface area (Å²) in [6.07, 6.45) is 0. The SMILES string of the molecule is Cc1cccc(C(=O)OCC(=O)NC(C)c2cccc(Cl)c2)c1N. The molecule has 0 saturated carbocycles. The van der Waals surface area contributed by atoms with Crippen molar-refractivity contribution in [2.45, 2.75) is 19.9 Å². The standard InChI is InChI=1S/C18H19ClN2O3/c1-11-5-3-8-15(17(11)20)18(23)24-10-16(22)21-12(2)13-6-4-7-14(19)9-13/h3-9,12H,10,20H2,1-2H3,(H,21,22). The lowest BCUT2D eigenvalue weighted by atomic mass is 10.1. The molecule has 126 valence electrons. The number of para-hydroxylation sites is 1. The van der Waals surface area contributed by atoms with E-state index in [9.17, 15) is 9.59 Å². The molecule has 0 radical (unpaired) electrons. The molecular weight excluding hydrogens is 328 g/mol. The Labute approximate surface area is 145 Å². The summed E-state index contributed by atoms with van der Waals surface area (Å²) in [5.74, 6) is -1.02. The third kappa shape index (κ3) is 4.49. The molecule has 0 heterocycles. The van der Waals surface area contributed by atoms with Gasteiger partial charge in [-0.3, -0.25) is 4.79 Å². The van der Waals surface area contributed by atoms with Crippen LogP contribution in [0.5, 0.6) is 0 Å². The van der Waals surface area contributed by atoms with Crippen molar-refractivity contribution in [3.63, 3.8) is 0 Å². The fourth-order valence-corrected chi connectivity index (χ4v) is 2.41. The minimum absolute atomic E-state index is 0.251. The van der Waals surface area contributed by atoms with Crippen LogP contribution in [0.4, 0.5) is 5.69 Å². The van der Waals surface area contributed by atoms with Gasteiger partial charge in [-0.25, -0.2) is 4.79 Å². The van der Waals surface area contributed by atoms with Crippen molar-refractivity contribution in [1.29, 1.82) is 0 Å². The molecule has 0 bridgehead atoms. The van der Waals surface area contributed by atoms with Crippen LogP contribution in [0.2, 0.25) is 5.02 Å². The Balaban J connectivity index is 1.91. The first-order chi connectivity index (χ1) is 11.4. The quantitative estimate of drug-likeness (QED) is 0.643. The molecule has 0 aliphatic rings. The van der Waals surface area contributed by atoms with Crippen LogP contribution in [-0.4, -0.2) is 18.5 Å². The van der Waals surface area contributed by atoms with Gasteiger partial charge in [0.15, 0.2) is 6.61 Å². The first-order valence-corrected chi connectivity index (χ1v) is 7.83. The van der Waals surface area contributed by atoms with Gasteiger partial charge in [-0.05, 0) is 43.2 Å². The van der Waals surface area contributed by atoms with Gasteiger partial charge < -0.3 is 15.8 Å². The van der Waals surface area contributed by atoms with Crippen LogP contribution in [0, 0.1) is 6.92 Å². The molecule has 0 aliphatic carbocycles. The summed E-state index contributed by atoms with van der Waals surface area (Å²) in [6.45, 7) is 3.24. The number of nitrogen functional groups attached to an aromatic ring is 1. The van der Waals surface area contributed by atoms with E-state index in [-0.39, 0.29) is 18.2 Å². The molecule has 3 N–H and O–H groups in total. The minimum atomic E-state index is -0.623. The lowest BCUT2D eigenvalue weighted by molar-refractivity contribution is -0.124. The number of hydrogen-bond donors (Lipinski definition) is 2. The van der Waals surface area contributed by atoms with E-state index in [2.05, 4.69) is 5.32 Å². The van der Waals surface area contributed by atoms with Crippen molar-refractivity contribution in [2.75, 3.05) is 12.3 Å². The monoisotopic (exact) mass is 346 g/mol. The topological polar surface area (TPSA) is 81.4 Å². The van der Waals surface area contributed by atoms with Gasteiger partial charge in [0.05, 0.1) is 11.6 Å². The Bertz CT molecular complexity index is 762. The summed E-state index contributed by atoms with van der Waals surface area (Å²) in [5.41, 5.74) is 8.11. The van der Waals surface area contributed by atoms with Crippen LogP contribution in [0.1, 0.15) is 34.5 Å². The van der Waals surface area contributed by atoms with Gasteiger partial charge in [0.2, 0.25) is 0 Å². The first kappa shape index (κ1) is 17.8. The van der Waals surface area contributed by atoms with E-state index in [1.54, 1.807) is 43.3 Å². The van der Waals surface area contributed by atoms with E-state index in [0.717, 1.165) is 11.1 Å². The zero-order valence-electron chi connectivity index (χ0n) is 13.5. The Kier molecular flexibility index (Phi) is 5.82. The highest BCUT2D eigenvalue weighted by molar-refractivity contribution is 6.30. The Morgan fingerprint density at radius 1 is 1.25 bits per heavy atom. The molecule has 0 fully saturated rings. The molecule has 1 amide bonds. The maximum atomic E-state index is 12.0. The van der Waals surface area contributed by atoms with Crippen LogP contribution >= 0.6 is 11.6 Å². The van der Waals surface area contributed by atoms with Crippen molar-refractivity contribution >= 4 is 29.2 Å². The largest absolute Gasteiger partial charge is 0.452 e. The molecule has 2 aromatic carbocycles. The second kappa shape index (κ2) is 7.84. The lowest BCUT2D eigenvalue weighted by Gasteiger charge is -2.15. The Morgan fingerprint density at radius 2 is 1.96 bits per heavy atom. The molecule has 0 saturated heterocycles. The lowest BCUT2D eigenvalue weighted by Crippen LogP contribution is -2.31. The number of anilines is 1. The van der Waals surface area contributed by atoms with Crippen molar-refractivity contribution in [3.05, 3.63) is 64.2 Å². The summed E-state index contributed by atoms with van der Waals surface area (Å²) in [4.78, 5) is 24.0. The Hall–Kier alpha value is -2.53. The smallest absolute Gasteiger partial charge is 0.340 e. The second-order valence-corrected chi connectivity index (χ2v) is 5.89. The minimum Gasteiger partial charge on any atom is -0.452 e. The van der Waals surface area contributed by atoms with E-state index < -0.39 is 11.9 Å². The number of nitrogens with one attached hydrogen (secondary N) is 1. The third-order valence-corrected chi connectivity index (χ3v) is 3.84. The van der Waals surface area contributed by atoms with Crippen LogP contribution in [0.25, 0.3) is 0 Å². The zero-order chi connectivity index (χ0) is 17.7. The zero-order valence-corrected chi connectivity index (χ0v) is 14.3. The molecule has 24 heavy (non-hydrogen) atoms.